The fourth-order valence-corrected chi connectivity index (χ4v) is 0.990. The van der Waals surface area contributed by atoms with Crippen LogP contribution in [0.3, 0.4) is 0 Å². The summed E-state index contributed by atoms with van der Waals surface area (Å²) in [6.45, 7) is 0. The molecule has 0 aliphatic heterocycles. The van der Waals surface area contributed by atoms with E-state index < -0.39 is 0 Å². The molecule has 0 spiro atoms. The summed E-state index contributed by atoms with van der Waals surface area (Å²) in [5.74, 6) is 0. The number of hydrogen-bond donors (Lipinski definition) is 0. The SMILES string of the molecule is N#Cc1cc(-c2cnccn2)ncn1. The van der Waals surface area contributed by atoms with Gasteiger partial charge in [0.15, 0.2) is 0 Å². The quantitative estimate of drug-likeness (QED) is 0.653. The highest BCUT2D eigenvalue weighted by molar-refractivity contribution is 5.53. The minimum atomic E-state index is 0.320. The Morgan fingerprint density at radius 1 is 1.07 bits per heavy atom. The van der Waals surface area contributed by atoms with Crippen molar-refractivity contribution in [1.29, 1.82) is 5.26 Å². The second-order valence-electron chi connectivity index (χ2n) is 2.49. The van der Waals surface area contributed by atoms with E-state index in [0.717, 1.165) is 0 Å². The van der Waals surface area contributed by atoms with Crippen LogP contribution >= 0.6 is 0 Å². The average molecular weight is 183 g/mol. The second-order valence-corrected chi connectivity index (χ2v) is 2.49. The van der Waals surface area contributed by atoms with E-state index in [0.29, 0.717) is 17.1 Å². The molecule has 2 heterocycles. The van der Waals surface area contributed by atoms with Crippen molar-refractivity contribution >= 4 is 0 Å². The minimum absolute atomic E-state index is 0.320. The lowest BCUT2D eigenvalue weighted by molar-refractivity contribution is 1.11. The summed E-state index contributed by atoms with van der Waals surface area (Å²) in [5.41, 5.74) is 1.55. The van der Waals surface area contributed by atoms with Gasteiger partial charge in [0.25, 0.3) is 0 Å². The van der Waals surface area contributed by atoms with E-state index in [1.807, 2.05) is 6.07 Å². The first-order valence-electron chi connectivity index (χ1n) is 3.88. The Morgan fingerprint density at radius 3 is 2.71 bits per heavy atom. The van der Waals surface area contributed by atoms with Gasteiger partial charge in [-0.2, -0.15) is 5.26 Å². The fraction of sp³-hybridized carbons (Fsp3) is 0. The molecule has 0 N–H and O–H groups in total. The Hall–Kier alpha value is -2.35. The van der Waals surface area contributed by atoms with Gasteiger partial charge >= 0.3 is 0 Å². The van der Waals surface area contributed by atoms with E-state index in [-0.39, 0.29) is 0 Å². The molecule has 0 saturated carbocycles. The molecule has 66 valence electrons. The van der Waals surface area contributed by atoms with Crippen LogP contribution in [-0.2, 0) is 0 Å². The summed E-state index contributed by atoms with van der Waals surface area (Å²) in [5, 5.41) is 8.63. The van der Waals surface area contributed by atoms with Crippen LogP contribution in [0.1, 0.15) is 5.69 Å². The van der Waals surface area contributed by atoms with Gasteiger partial charge in [0.2, 0.25) is 0 Å². The standard InChI is InChI=1S/C9H5N5/c10-4-7-3-8(14-6-13-7)9-5-11-1-2-12-9/h1-3,5-6H. The molecule has 2 aromatic rings. The third-order valence-corrected chi connectivity index (χ3v) is 1.61. The molecule has 0 fully saturated rings. The third-order valence-electron chi connectivity index (χ3n) is 1.61. The molecule has 0 saturated heterocycles. The Labute approximate surface area is 80.1 Å². The van der Waals surface area contributed by atoms with Crippen molar-refractivity contribution < 1.29 is 0 Å². The van der Waals surface area contributed by atoms with Crippen molar-refractivity contribution in [3.63, 3.8) is 0 Å². The molecule has 5 nitrogen and oxygen atoms in total. The molecule has 0 aliphatic carbocycles. The van der Waals surface area contributed by atoms with Gasteiger partial charge in [-0.15, -0.1) is 0 Å². The van der Waals surface area contributed by atoms with Crippen LogP contribution < -0.4 is 0 Å². The topological polar surface area (TPSA) is 75.3 Å². The summed E-state index contributed by atoms with van der Waals surface area (Å²) in [6, 6.07) is 3.51. The Morgan fingerprint density at radius 2 is 2.00 bits per heavy atom. The zero-order valence-electron chi connectivity index (χ0n) is 7.12. The van der Waals surface area contributed by atoms with E-state index in [2.05, 4.69) is 19.9 Å². The lowest BCUT2D eigenvalue weighted by atomic mass is 10.3. The van der Waals surface area contributed by atoms with Crippen LogP contribution in [-0.4, -0.2) is 19.9 Å². The average Bonchev–Trinajstić information content (AvgIpc) is 2.30. The van der Waals surface area contributed by atoms with Crippen LogP contribution in [0.2, 0.25) is 0 Å². The van der Waals surface area contributed by atoms with Crippen LogP contribution in [0.4, 0.5) is 0 Å². The van der Waals surface area contributed by atoms with Crippen molar-refractivity contribution in [3.05, 3.63) is 36.7 Å². The van der Waals surface area contributed by atoms with Gasteiger partial charge in [0.1, 0.15) is 23.8 Å². The summed E-state index contributed by atoms with van der Waals surface area (Å²) in [7, 11) is 0. The van der Waals surface area contributed by atoms with E-state index in [9.17, 15) is 0 Å². The lowest BCUT2D eigenvalue weighted by Gasteiger charge is -1.97. The number of hydrogen-bond acceptors (Lipinski definition) is 5. The zero-order chi connectivity index (χ0) is 9.80. The van der Waals surface area contributed by atoms with E-state index in [1.165, 1.54) is 6.33 Å². The summed E-state index contributed by atoms with van der Waals surface area (Å²) in [6.07, 6.45) is 6.07. The van der Waals surface area contributed by atoms with Crippen molar-refractivity contribution in [3.8, 4) is 17.5 Å². The highest BCUT2D eigenvalue weighted by atomic mass is 14.9. The van der Waals surface area contributed by atoms with Crippen LogP contribution in [0.15, 0.2) is 31.0 Å². The highest BCUT2D eigenvalue weighted by Gasteiger charge is 2.01. The van der Waals surface area contributed by atoms with Crippen LogP contribution in [0.5, 0.6) is 0 Å². The largest absolute Gasteiger partial charge is 0.261 e. The maximum Gasteiger partial charge on any atom is 0.144 e. The molecular formula is C9H5N5. The first kappa shape index (κ1) is 8.26. The van der Waals surface area contributed by atoms with Crippen molar-refractivity contribution in [2.75, 3.05) is 0 Å². The number of rotatable bonds is 1. The predicted octanol–water partition coefficient (Wildman–Crippen LogP) is 0.805. The number of nitriles is 1. The summed E-state index contributed by atoms with van der Waals surface area (Å²) in [4.78, 5) is 15.7. The van der Waals surface area contributed by atoms with Crippen molar-refractivity contribution in [1.82, 2.24) is 19.9 Å². The Kier molecular flexibility index (Phi) is 2.11. The molecule has 0 aliphatic rings. The van der Waals surface area contributed by atoms with Gasteiger partial charge in [-0.1, -0.05) is 0 Å². The third kappa shape index (κ3) is 1.54. The van der Waals surface area contributed by atoms with Gasteiger partial charge in [0.05, 0.1) is 11.9 Å². The highest BCUT2D eigenvalue weighted by Crippen LogP contribution is 2.11. The summed E-state index contributed by atoms with van der Waals surface area (Å²) < 4.78 is 0. The fourth-order valence-electron chi connectivity index (χ4n) is 0.990. The zero-order valence-corrected chi connectivity index (χ0v) is 7.12. The molecule has 0 aromatic carbocycles. The van der Waals surface area contributed by atoms with Crippen molar-refractivity contribution in [2.45, 2.75) is 0 Å². The Bertz CT molecular complexity index is 474. The minimum Gasteiger partial charge on any atom is -0.261 e. The molecule has 2 rings (SSSR count). The molecule has 0 radical (unpaired) electrons. The maximum atomic E-state index is 8.63. The molecule has 14 heavy (non-hydrogen) atoms. The first-order valence-corrected chi connectivity index (χ1v) is 3.88. The van der Waals surface area contributed by atoms with Gasteiger partial charge < -0.3 is 0 Å². The van der Waals surface area contributed by atoms with Gasteiger partial charge in [0, 0.05) is 18.5 Å². The van der Waals surface area contributed by atoms with Gasteiger partial charge in [-0.25, -0.2) is 9.97 Å². The van der Waals surface area contributed by atoms with Crippen LogP contribution in [0, 0.1) is 11.3 Å². The molecule has 2 aromatic heterocycles. The van der Waals surface area contributed by atoms with Crippen molar-refractivity contribution in [2.24, 2.45) is 0 Å². The summed E-state index contributed by atoms with van der Waals surface area (Å²) >= 11 is 0. The van der Waals surface area contributed by atoms with E-state index >= 15 is 0 Å². The normalized spacial score (nSPS) is 9.36. The smallest absolute Gasteiger partial charge is 0.144 e. The van der Waals surface area contributed by atoms with E-state index in [4.69, 9.17) is 5.26 Å². The number of aromatic nitrogens is 4. The molecule has 0 amide bonds. The first-order chi connectivity index (χ1) is 6.90. The number of nitrogens with zero attached hydrogens (tertiary/aromatic N) is 5. The predicted molar refractivity (Wildman–Crippen MR) is 47.8 cm³/mol. The molecule has 0 bridgehead atoms. The molecule has 0 unspecified atom stereocenters. The molecular weight excluding hydrogens is 178 g/mol. The monoisotopic (exact) mass is 183 g/mol. The van der Waals surface area contributed by atoms with Gasteiger partial charge in [-0.05, 0) is 0 Å². The molecule has 0 atom stereocenters. The maximum absolute atomic E-state index is 8.63. The van der Waals surface area contributed by atoms with Gasteiger partial charge in [-0.3, -0.25) is 9.97 Å². The lowest BCUT2D eigenvalue weighted by Crippen LogP contribution is -1.91. The Balaban J connectivity index is 2.49. The second kappa shape index (κ2) is 3.58. The molecule has 5 heteroatoms. The van der Waals surface area contributed by atoms with E-state index in [1.54, 1.807) is 24.7 Å². The van der Waals surface area contributed by atoms with Crippen LogP contribution in [0.25, 0.3) is 11.4 Å².